The summed E-state index contributed by atoms with van der Waals surface area (Å²) < 4.78 is 15.9. The van der Waals surface area contributed by atoms with E-state index in [9.17, 15) is 4.79 Å². The third-order valence-electron chi connectivity index (χ3n) is 3.65. The van der Waals surface area contributed by atoms with Crippen LogP contribution in [-0.2, 0) is 6.54 Å². The summed E-state index contributed by atoms with van der Waals surface area (Å²) in [5.74, 6) is 2.64. The molecule has 0 saturated heterocycles. The van der Waals surface area contributed by atoms with Gasteiger partial charge >= 0.3 is 0 Å². The predicted molar refractivity (Wildman–Crippen MR) is 83.6 cm³/mol. The lowest BCUT2D eigenvalue weighted by Crippen LogP contribution is -2.23. The number of hydrogen-bond donors (Lipinski definition) is 1. The molecule has 5 heteroatoms. The van der Waals surface area contributed by atoms with Crippen molar-refractivity contribution in [3.05, 3.63) is 46.4 Å². The molecular formula is C17H21NO4. The Labute approximate surface area is 130 Å². The van der Waals surface area contributed by atoms with E-state index in [1.807, 2.05) is 26.0 Å². The van der Waals surface area contributed by atoms with E-state index in [2.05, 4.69) is 5.32 Å². The van der Waals surface area contributed by atoms with Crippen LogP contribution in [0.1, 0.15) is 33.0 Å². The van der Waals surface area contributed by atoms with E-state index in [0.29, 0.717) is 29.4 Å². The molecule has 22 heavy (non-hydrogen) atoms. The summed E-state index contributed by atoms with van der Waals surface area (Å²) in [6.07, 6.45) is 0. The molecule has 1 heterocycles. The van der Waals surface area contributed by atoms with E-state index in [1.165, 1.54) is 0 Å². The second-order valence-corrected chi connectivity index (χ2v) is 5.12. The van der Waals surface area contributed by atoms with Gasteiger partial charge < -0.3 is 19.2 Å². The van der Waals surface area contributed by atoms with Gasteiger partial charge in [-0.1, -0.05) is 0 Å². The molecule has 0 aliphatic heterocycles. The third kappa shape index (κ3) is 3.24. The van der Waals surface area contributed by atoms with Crippen LogP contribution in [0.2, 0.25) is 0 Å². The Kier molecular flexibility index (Phi) is 4.75. The van der Waals surface area contributed by atoms with E-state index in [4.69, 9.17) is 13.9 Å². The monoisotopic (exact) mass is 303 g/mol. The second kappa shape index (κ2) is 6.56. The molecule has 0 atom stereocenters. The van der Waals surface area contributed by atoms with Crippen molar-refractivity contribution in [2.45, 2.75) is 27.3 Å². The summed E-state index contributed by atoms with van der Waals surface area (Å²) in [7, 11) is 3.19. The normalized spacial score (nSPS) is 10.4. The topological polar surface area (TPSA) is 60.7 Å². The lowest BCUT2D eigenvalue weighted by Gasteiger charge is -2.10. The molecule has 0 unspecified atom stereocenters. The molecule has 1 aromatic heterocycles. The van der Waals surface area contributed by atoms with E-state index in [0.717, 1.165) is 16.9 Å². The van der Waals surface area contributed by atoms with Crippen molar-refractivity contribution in [2.24, 2.45) is 0 Å². The molecule has 1 amide bonds. The van der Waals surface area contributed by atoms with Crippen LogP contribution in [0, 0.1) is 20.8 Å². The highest BCUT2D eigenvalue weighted by Crippen LogP contribution is 2.23. The van der Waals surface area contributed by atoms with E-state index < -0.39 is 0 Å². The van der Waals surface area contributed by atoms with Gasteiger partial charge in [-0.15, -0.1) is 0 Å². The minimum Gasteiger partial charge on any atom is -0.497 e. The van der Waals surface area contributed by atoms with Crippen LogP contribution in [-0.4, -0.2) is 20.1 Å². The lowest BCUT2D eigenvalue weighted by molar-refractivity contribution is 0.0949. The van der Waals surface area contributed by atoms with Crippen LogP contribution >= 0.6 is 0 Å². The maximum atomic E-state index is 12.3. The Morgan fingerprint density at radius 3 is 2.09 bits per heavy atom. The van der Waals surface area contributed by atoms with Crippen molar-refractivity contribution in [1.29, 1.82) is 0 Å². The van der Waals surface area contributed by atoms with Gasteiger partial charge in [0.1, 0.15) is 23.0 Å². The quantitative estimate of drug-likeness (QED) is 0.921. The van der Waals surface area contributed by atoms with Gasteiger partial charge in [0.15, 0.2) is 0 Å². The Bertz CT molecular complexity index is 666. The third-order valence-corrected chi connectivity index (χ3v) is 3.65. The van der Waals surface area contributed by atoms with Gasteiger partial charge in [0.05, 0.1) is 19.8 Å². The molecule has 0 aliphatic carbocycles. The van der Waals surface area contributed by atoms with Gasteiger partial charge in [0.2, 0.25) is 0 Å². The highest BCUT2D eigenvalue weighted by molar-refractivity contribution is 5.96. The highest BCUT2D eigenvalue weighted by Gasteiger charge is 2.18. The number of nitrogens with one attached hydrogen (secondary N) is 1. The Balaban J connectivity index is 2.14. The number of hydrogen-bond acceptors (Lipinski definition) is 4. The van der Waals surface area contributed by atoms with Gasteiger partial charge in [-0.05, 0) is 38.5 Å². The van der Waals surface area contributed by atoms with Crippen molar-refractivity contribution in [2.75, 3.05) is 14.2 Å². The molecule has 1 aromatic carbocycles. The molecule has 2 rings (SSSR count). The van der Waals surface area contributed by atoms with Crippen LogP contribution in [0.25, 0.3) is 0 Å². The first-order chi connectivity index (χ1) is 10.5. The number of benzene rings is 1. The van der Waals surface area contributed by atoms with Crippen molar-refractivity contribution in [3.8, 4) is 11.5 Å². The number of carbonyl (C=O) groups is 1. The number of aryl methyl sites for hydroxylation is 2. The van der Waals surface area contributed by atoms with Crippen molar-refractivity contribution < 1.29 is 18.7 Å². The minimum absolute atomic E-state index is 0.145. The molecule has 2 aromatic rings. The van der Waals surface area contributed by atoms with Crippen molar-refractivity contribution >= 4 is 5.91 Å². The van der Waals surface area contributed by atoms with E-state index in [1.54, 1.807) is 27.2 Å². The lowest BCUT2D eigenvalue weighted by atomic mass is 10.1. The summed E-state index contributed by atoms with van der Waals surface area (Å²) in [5.41, 5.74) is 2.38. The van der Waals surface area contributed by atoms with Crippen LogP contribution in [0.4, 0.5) is 0 Å². The fraction of sp³-hybridized carbons (Fsp3) is 0.353. The molecule has 0 fully saturated rings. The molecule has 5 nitrogen and oxygen atoms in total. The van der Waals surface area contributed by atoms with Gasteiger partial charge in [-0.25, -0.2) is 0 Å². The van der Waals surface area contributed by atoms with Gasteiger partial charge in [0.25, 0.3) is 5.91 Å². The summed E-state index contributed by atoms with van der Waals surface area (Å²) in [4.78, 5) is 12.3. The number of amides is 1. The number of rotatable bonds is 5. The summed E-state index contributed by atoms with van der Waals surface area (Å²) in [5, 5.41) is 2.90. The maximum Gasteiger partial charge on any atom is 0.255 e. The van der Waals surface area contributed by atoms with Gasteiger partial charge in [-0.3, -0.25) is 4.79 Å². The number of methoxy groups -OCH3 is 2. The Morgan fingerprint density at radius 1 is 1.05 bits per heavy atom. The average molecular weight is 303 g/mol. The average Bonchev–Trinajstić information content (AvgIpc) is 2.77. The molecule has 0 saturated carbocycles. The number of carbonyl (C=O) groups excluding carboxylic acids is 1. The molecule has 118 valence electrons. The van der Waals surface area contributed by atoms with Crippen LogP contribution in [0.5, 0.6) is 11.5 Å². The molecule has 1 N–H and O–H groups in total. The van der Waals surface area contributed by atoms with E-state index >= 15 is 0 Å². The minimum atomic E-state index is -0.145. The van der Waals surface area contributed by atoms with Crippen LogP contribution in [0.15, 0.2) is 22.6 Å². The largest absolute Gasteiger partial charge is 0.497 e. The zero-order valence-corrected chi connectivity index (χ0v) is 13.6. The predicted octanol–water partition coefficient (Wildman–Crippen LogP) is 3.15. The highest BCUT2D eigenvalue weighted by atomic mass is 16.5. The molecule has 0 bridgehead atoms. The van der Waals surface area contributed by atoms with Crippen molar-refractivity contribution in [1.82, 2.24) is 5.32 Å². The molecule has 0 aliphatic rings. The first kappa shape index (κ1) is 15.9. The zero-order chi connectivity index (χ0) is 16.3. The fourth-order valence-electron chi connectivity index (χ4n) is 2.37. The second-order valence-electron chi connectivity index (χ2n) is 5.12. The molecule has 0 radical (unpaired) electrons. The standard InChI is InChI=1S/C17H21NO4/c1-10-11(2)22-12(3)16(10)17(19)18-9-13-6-14(20-4)8-15(7-13)21-5/h6-8H,9H2,1-5H3,(H,18,19). The number of ether oxygens (including phenoxy) is 2. The molecular weight excluding hydrogens is 282 g/mol. The SMILES string of the molecule is COc1cc(CNC(=O)c2c(C)oc(C)c2C)cc(OC)c1. The maximum absolute atomic E-state index is 12.3. The smallest absolute Gasteiger partial charge is 0.255 e. The summed E-state index contributed by atoms with van der Waals surface area (Å²) in [6.45, 7) is 5.92. The first-order valence-electron chi connectivity index (χ1n) is 7.03. The van der Waals surface area contributed by atoms with Crippen molar-refractivity contribution in [3.63, 3.8) is 0 Å². The number of furan rings is 1. The summed E-state index contributed by atoms with van der Waals surface area (Å²) in [6, 6.07) is 5.52. The first-order valence-corrected chi connectivity index (χ1v) is 7.03. The van der Waals surface area contributed by atoms with E-state index in [-0.39, 0.29) is 5.91 Å². The Morgan fingerprint density at radius 2 is 1.64 bits per heavy atom. The van der Waals surface area contributed by atoms with Gasteiger partial charge in [0, 0.05) is 18.2 Å². The Hall–Kier alpha value is -2.43. The van der Waals surface area contributed by atoms with Gasteiger partial charge in [-0.2, -0.15) is 0 Å². The zero-order valence-electron chi connectivity index (χ0n) is 13.6. The summed E-state index contributed by atoms with van der Waals surface area (Å²) >= 11 is 0. The fourth-order valence-corrected chi connectivity index (χ4v) is 2.37. The molecule has 0 spiro atoms. The van der Waals surface area contributed by atoms with Crippen LogP contribution < -0.4 is 14.8 Å². The van der Waals surface area contributed by atoms with Crippen LogP contribution in [0.3, 0.4) is 0 Å².